The Hall–Kier alpha value is -1.58. The zero-order valence-electron chi connectivity index (χ0n) is 11.3. The highest BCUT2D eigenvalue weighted by Crippen LogP contribution is 2.47. The highest BCUT2D eigenvalue weighted by atomic mass is 16.1. The molecule has 1 aromatic rings. The van der Waals surface area contributed by atoms with Crippen LogP contribution in [0.15, 0.2) is 12.3 Å². The van der Waals surface area contributed by atoms with Crippen molar-refractivity contribution in [2.75, 3.05) is 18.9 Å². The zero-order chi connectivity index (χ0) is 13.2. The number of carbonyl (C=O) groups excluding carboxylic acids is 1. The second kappa shape index (κ2) is 4.96. The molecule has 1 fully saturated rings. The molecular weight excluding hydrogens is 226 g/mol. The van der Waals surface area contributed by atoms with Crippen LogP contribution in [0.2, 0.25) is 0 Å². The average Bonchev–Trinajstić information content (AvgIpc) is 3.16. The van der Waals surface area contributed by atoms with Crippen LogP contribution in [0.3, 0.4) is 0 Å². The highest BCUT2D eigenvalue weighted by Gasteiger charge is 2.40. The summed E-state index contributed by atoms with van der Waals surface area (Å²) in [5, 5.41) is 6.07. The second-order valence-electron chi connectivity index (χ2n) is 5.16. The van der Waals surface area contributed by atoms with E-state index in [-0.39, 0.29) is 5.91 Å². The van der Waals surface area contributed by atoms with E-state index in [9.17, 15) is 4.79 Å². The molecule has 4 heteroatoms. The largest absolute Gasteiger partial charge is 0.387 e. The van der Waals surface area contributed by atoms with Crippen LogP contribution < -0.4 is 10.6 Å². The van der Waals surface area contributed by atoms with Gasteiger partial charge in [0.05, 0.1) is 11.3 Å². The summed E-state index contributed by atoms with van der Waals surface area (Å²) in [6.45, 7) is 4.88. The summed E-state index contributed by atoms with van der Waals surface area (Å²) < 4.78 is 0. The van der Waals surface area contributed by atoms with Crippen LogP contribution >= 0.6 is 0 Å². The van der Waals surface area contributed by atoms with Gasteiger partial charge in [0.2, 0.25) is 0 Å². The van der Waals surface area contributed by atoms with Gasteiger partial charge in [0, 0.05) is 25.5 Å². The van der Waals surface area contributed by atoms with E-state index >= 15 is 0 Å². The number of rotatable bonds is 5. The first-order valence-electron chi connectivity index (χ1n) is 6.53. The van der Waals surface area contributed by atoms with Gasteiger partial charge in [0.15, 0.2) is 0 Å². The third-order valence-electron chi connectivity index (χ3n) is 3.89. The molecule has 1 saturated carbocycles. The van der Waals surface area contributed by atoms with Gasteiger partial charge in [-0.05, 0) is 37.7 Å². The fraction of sp³-hybridized carbons (Fsp3) is 0.571. The predicted molar refractivity (Wildman–Crippen MR) is 72.8 cm³/mol. The first-order valence-corrected chi connectivity index (χ1v) is 6.53. The number of anilines is 1. The molecule has 1 aliphatic rings. The van der Waals surface area contributed by atoms with Crippen molar-refractivity contribution in [2.24, 2.45) is 5.41 Å². The molecule has 0 unspecified atom stereocenters. The van der Waals surface area contributed by atoms with E-state index in [1.807, 2.05) is 20.0 Å². The number of aromatic nitrogens is 1. The van der Waals surface area contributed by atoms with E-state index < -0.39 is 0 Å². The number of nitrogens with zero attached hydrogens (tertiary/aromatic N) is 1. The van der Waals surface area contributed by atoms with Crippen molar-refractivity contribution in [3.63, 3.8) is 0 Å². The molecule has 0 aliphatic heterocycles. The van der Waals surface area contributed by atoms with Crippen LogP contribution in [-0.2, 0) is 0 Å². The molecule has 1 aliphatic carbocycles. The maximum atomic E-state index is 12.1. The molecule has 1 heterocycles. The third kappa shape index (κ3) is 2.63. The summed E-state index contributed by atoms with van der Waals surface area (Å²) >= 11 is 0. The molecule has 1 aromatic heterocycles. The molecule has 2 N–H and O–H groups in total. The van der Waals surface area contributed by atoms with Gasteiger partial charge in [-0.15, -0.1) is 0 Å². The normalized spacial score (nSPS) is 16.2. The number of hydrogen-bond donors (Lipinski definition) is 2. The second-order valence-corrected chi connectivity index (χ2v) is 5.16. The minimum Gasteiger partial charge on any atom is -0.387 e. The van der Waals surface area contributed by atoms with Crippen molar-refractivity contribution < 1.29 is 4.79 Å². The molecule has 0 spiro atoms. The minimum absolute atomic E-state index is 0.0356. The van der Waals surface area contributed by atoms with Crippen LogP contribution in [0.4, 0.5) is 5.69 Å². The SMILES string of the molecule is CCC1(CNC(=O)c2cnc(C)cc2NC)CC1. The van der Waals surface area contributed by atoms with Crippen LogP contribution in [0.5, 0.6) is 0 Å². The smallest absolute Gasteiger partial charge is 0.254 e. The van der Waals surface area contributed by atoms with E-state index in [2.05, 4.69) is 22.5 Å². The molecule has 0 radical (unpaired) electrons. The molecule has 2 rings (SSSR count). The van der Waals surface area contributed by atoms with Crippen molar-refractivity contribution in [3.05, 3.63) is 23.5 Å². The molecule has 18 heavy (non-hydrogen) atoms. The summed E-state index contributed by atoms with van der Waals surface area (Å²) in [5.41, 5.74) is 2.73. The number of carbonyl (C=O) groups is 1. The van der Waals surface area contributed by atoms with Crippen LogP contribution in [0, 0.1) is 12.3 Å². The minimum atomic E-state index is -0.0356. The van der Waals surface area contributed by atoms with E-state index in [0.717, 1.165) is 24.3 Å². The fourth-order valence-electron chi connectivity index (χ4n) is 2.14. The van der Waals surface area contributed by atoms with Crippen LogP contribution in [-0.4, -0.2) is 24.5 Å². The van der Waals surface area contributed by atoms with Gasteiger partial charge >= 0.3 is 0 Å². The first-order chi connectivity index (χ1) is 8.60. The molecule has 0 bridgehead atoms. The molecule has 0 saturated heterocycles. The lowest BCUT2D eigenvalue weighted by molar-refractivity contribution is 0.0945. The zero-order valence-corrected chi connectivity index (χ0v) is 11.3. The molecule has 1 amide bonds. The van der Waals surface area contributed by atoms with Gasteiger partial charge < -0.3 is 10.6 Å². The van der Waals surface area contributed by atoms with Crippen molar-refractivity contribution in [1.29, 1.82) is 0 Å². The van der Waals surface area contributed by atoms with Gasteiger partial charge in [0.1, 0.15) is 0 Å². The summed E-state index contributed by atoms with van der Waals surface area (Å²) in [6.07, 6.45) is 5.24. The van der Waals surface area contributed by atoms with E-state index in [0.29, 0.717) is 11.0 Å². The quantitative estimate of drug-likeness (QED) is 0.839. The Labute approximate surface area is 108 Å². The average molecular weight is 247 g/mol. The van der Waals surface area contributed by atoms with E-state index in [4.69, 9.17) is 0 Å². The van der Waals surface area contributed by atoms with E-state index in [1.165, 1.54) is 12.8 Å². The number of aryl methyl sites for hydroxylation is 1. The lowest BCUT2D eigenvalue weighted by Gasteiger charge is -2.15. The van der Waals surface area contributed by atoms with E-state index in [1.54, 1.807) is 6.20 Å². The van der Waals surface area contributed by atoms with Gasteiger partial charge in [0.25, 0.3) is 5.91 Å². The summed E-state index contributed by atoms with van der Waals surface area (Å²) in [6, 6.07) is 1.89. The Kier molecular flexibility index (Phi) is 3.55. The van der Waals surface area contributed by atoms with Crippen molar-refractivity contribution in [3.8, 4) is 0 Å². The monoisotopic (exact) mass is 247 g/mol. The molecule has 98 valence electrons. The van der Waals surface area contributed by atoms with Gasteiger partial charge in [-0.3, -0.25) is 9.78 Å². The molecular formula is C14H21N3O. The van der Waals surface area contributed by atoms with Gasteiger partial charge in [-0.25, -0.2) is 0 Å². The Bertz CT molecular complexity index is 452. The molecule has 0 atom stereocenters. The maximum Gasteiger partial charge on any atom is 0.254 e. The number of amides is 1. The van der Waals surface area contributed by atoms with Crippen molar-refractivity contribution in [1.82, 2.24) is 10.3 Å². The van der Waals surface area contributed by atoms with Crippen LogP contribution in [0.25, 0.3) is 0 Å². The van der Waals surface area contributed by atoms with Crippen molar-refractivity contribution >= 4 is 11.6 Å². The van der Waals surface area contributed by atoms with Gasteiger partial charge in [-0.1, -0.05) is 6.92 Å². The Morgan fingerprint density at radius 2 is 2.22 bits per heavy atom. The number of pyridine rings is 1. The van der Waals surface area contributed by atoms with Crippen LogP contribution in [0.1, 0.15) is 42.2 Å². The maximum absolute atomic E-state index is 12.1. The lowest BCUT2D eigenvalue weighted by atomic mass is 10.0. The van der Waals surface area contributed by atoms with Gasteiger partial charge in [-0.2, -0.15) is 0 Å². The lowest BCUT2D eigenvalue weighted by Crippen LogP contribution is -2.30. The molecule has 4 nitrogen and oxygen atoms in total. The number of hydrogen-bond acceptors (Lipinski definition) is 3. The fourth-order valence-corrected chi connectivity index (χ4v) is 2.14. The Morgan fingerprint density at radius 1 is 1.50 bits per heavy atom. The number of nitrogens with one attached hydrogen (secondary N) is 2. The standard InChI is InChI=1S/C14H21N3O/c1-4-14(5-6-14)9-17-13(18)11-8-16-10(2)7-12(11)15-3/h7-8H,4-6,9H2,1-3H3,(H,15,16)(H,17,18). The topological polar surface area (TPSA) is 54.0 Å². The highest BCUT2D eigenvalue weighted by molar-refractivity contribution is 5.99. The summed E-state index contributed by atoms with van der Waals surface area (Å²) in [4.78, 5) is 16.3. The molecule has 0 aromatic carbocycles. The Morgan fingerprint density at radius 3 is 2.78 bits per heavy atom. The third-order valence-corrected chi connectivity index (χ3v) is 3.89. The van der Waals surface area contributed by atoms with Crippen molar-refractivity contribution in [2.45, 2.75) is 33.1 Å². The predicted octanol–water partition coefficient (Wildman–Crippen LogP) is 2.35. The summed E-state index contributed by atoms with van der Waals surface area (Å²) in [7, 11) is 1.82. The summed E-state index contributed by atoms with van der Waals surface area (Å²) in [5.74, 6) is -0.0356. The first kappa shape index (κ1) is 12.9. The Balaban J connectivity index is 2.04.